The Morgan fingerprint density at radius 3 is 2.65 bits per heavy atom. The van der Waals surface area contributed by atoms with Crippen LogP contribution >= 0.6 is 11.3 Å². The summed E-state index contributed by atoms with van der Waals surface area (Å²) in [6, 6.07) is 11.0. The topological polar surface area (TPSA) is 29.5 Å². The Labute approximate surface area is 139 Å². The lowest BCUT2D eigenvalue weighted by Gasteiger charge is -2.37. The molecule has 23 heavy (non-hydrogen) atoms. The predicted octanol–water partition coefficient (Wildman–Crippen LogP) is 4.77. The van der Waals surface area contributed by atoms with Crippen LogP contribution in [0.5, 0.6) is 0 Å². The fraction of sp³-hybridized carbons (Fsp3) is 0.389. The third-order valence-corrected chi connectivity index (χ3v) is 4.74. The summed E-state index contributed by atoms with van der Waals surface area (Å²) in [5.74, 6) is 0. The van der Waals surface area contributed by atoms with Gasteiger partial charge in [-0.25, -0.2) is 4.79 Å². The normalized spacial score (nSPS) is 17.7. The van der Waals surface area contributed by atoms with E-state index in [2.05, 4.69) is 0 Å². The van der Waals surface area contributed by atoms with E-state index in [0.717, 1.165) is 16.0 Å². The zero-order valence-electron chi connectivity index (χ0n) is 13.5. The fourth-order valence-electron chi connectivity index (χ4n) is 2.87. The number of rotatable bonds is 1. The van der Waals surface area contributed by atoms with Crippen molar-refractivity contribution in [2.24, 2.45) is 0 Å². The lowest BCUT2D eigenvalue weighted by Crippen LogP contribution is -2.43. The zero-order chi connectivity index (χ0) is 16.6. The van der Waals surface area contributed by atoms with E-state index in [1.54, 1.807) is 11.0 Å². The maximum Gasteiger partial charge on any atom is 0.411 e. The van der Waals surface area contributed by atoms with Gasteiger partial charge in [-0.3, -0.25) is 4.90 Å². The molecule has 1 atom stereocenters. The summed E-state index contributed by atoms with van der Waals surface area (Å²) in [5, 5.41) is -0.207. The molecule has 1 amide bonds. The van der Waals surface area contributed by atoms with Crippen LogP contribution in [0.15, 0.2) is 36.4 Å². The molecule has 0 saturated carbocycles. The minimum atomic E-state index is -0.557. The van der Waals surface area contributed by atoms with Crippen LogP contribution in [0, 0.1) is 5.13 Å². The summed E-state index contributed by atoms with van der Waals surface area (Å²) in [5.41, 5.74) is 1.28. The lowest BCUT2D eigenvalue weighted by atomic mass is 9.93. The highest BCUT2D eigenvalue weighted by Crippen LogP contribution is 2.39. The van der Waals surface area contributed by atoms with Crippen molar-refractivity contribution in [3.8, 4) is 0 Å². The number of hydrogen-bond acceptors (Lipinski definition) is 3. The minimum Gasteiger partial charge on any atom is -0.444 e. The fourth-order valence-corrected chi connectivity index (χ4v) is 3.77. The van der Waals surface area contributed by atoms with Gasteiger partial charge in [0.05, 0.1) is 6.04 Å². The van der Waals surface area contributed by atoms with Gasteiger partial charge >= 0.3 is 6.09 Å². The first-order chi connectivity index (χ1) is 10.8. The first-order valence-electron chi connectivity index (χ1n) is 7.68. The molecule has 1 aliphatic heterocycles. The van der Waals surface area contributed by atoms with Crippen molar-refractivity contribution in [3.05, 3.63) is 57.5 Å². The summed E-state index contributed by atoms with van der Waals surface area (Å²) in [4.78, 5) is 15.3. The number of halogens is 1. The molecule has 0 aliphatic carbocycles. The monoisotopic (exact) mass is 333 g/mol. The van der Waals surface area contributed by atoms with E-state index in [9.17, 15) is 9.18 Å². The van der Waals surface area contributed by atoms with Gasteiger partial charge in [-0.05, 0) is 38.0 Å². The number of nitrogens with zero attached hydrogens (tertiary/aromatic N) is 1. The van der Waals surface area contributed by atoms with Crippen molar-refractivity contribution >= 4 is 17.4 Å². The second-order valence-corrected chi connectivity index (χ2v) is 7.75. The Kier molecular flexibility index (Phi) is 4.15. The number of thiophene rings is 1. The Hall–Kier alpha value is -1.88. The first-order valence-corrected chi connectivity index (χ1v) is 8.49. The van der Waals surface area contributed by atoms with Crippen LogP contribution in [0.3, 0.4) is 0 Å². The van der Waals surface area contributed by atoms with Crippen molar-refractivity contribution in [2.75, 3.05) is 6.54 Å². The van der Waals surface area contributed by atoms with Crippen LogP contribution in [-0.2, 0) is 11.2 Å². The molecular formula is C18H20FNO2S. The smallest absolute Gasteiger partial charge is 0.411 e. The summed E-state index contributed by atoms with van der Waals surface area (Å²) in [6.45, 7) is 6.08. The van der Waals surface area contributed by atoms with Crippen molar-refractivity contribution in [2.45, 2.75) is 38.8 Å². The van der Waals surface area contributed by atoms with E-state index in [-0.39, 0.29) is 17.3 Å². The number of benzene rings is 1. The van der Waals surface area contributed by atoms with E-state index in [0.29, 0.717) is 13.0 Å². The molecule has 1 unspecified atom stereocenters. The van der Waals surface area contributed by atoms with Gasteiger partial charge in [-0.1, -0.05) is 30.3 Å². The number of carbonyl (C=O) groups excluding carboxylic acids is 1. The molecule has 1 aromatic carbocycles. The number of fused-ring (bicyclic) bond motifs is 1. The Morgan fingerprint density at radius 2 is 2.00 bits per heavy atom. The zero-order valence-corrected chi connectivity index (χ0v) is 14.3. The number of carbonyl (C=O) groups is 1. The summed E-state index contributed by atoms with van der Waals surface area (Å²) in [7, 11) is 0. The molecule has 0 spiro atoms. The summed E-state index contributed by atoms with van der Waals surface area (Å²) >= 11 is 1.17. The SMILES string of the molecule is CC(C)(C)OC(=O)N1CCc2sc(F)cc2C1c1ccccc1. The van der Waals surface area contributed by atoms with Crippen LogP contribution in [0.2, 0.25) is 0 Å². The maximum absolute atomic E-state index is 13.8. The molecule has 2 aromatic rings. The second-order valence-electron chi connectivity index (χ2n) is 6.67. The van der Waals surface area contributed by atoms with E-state index in [4.69, 9.17) is 4.74 Å². The van der Waals surface area contributed by atoms with Gasteiger partial charge < -0.3 is 4.74 Å². The standard InChI is InChI=1S/C18H20FNO2S/c1-18(2,3)22-17(21)20-10-9-14-13(11-15(19)23-14)16(20)12-7-5-4-6-8-12/h4-8,11,16H,9-10H2,1-3H3. The van der Waals surface area contributed by atoms with Crippen LogP contribution in [-0.4, -0.2) is 23.1 Å². The minimum absolute atomic E-state index is 0.207. The van der Waals surface area contributed by atoms with Crippen LogP contribution in [0.1, 0.15) is 42.8 Å². The molecule has 1 aliphatic rings. The van der Waals surface area contributed by atoms with Crippen molar-refractivity contribution in [3.63, 3.8) is 0 Å². The van der Waals surface area contributed by atoms with Crippen LogP contribution in [0.4, 0.5) is 9.18 Å². The molecule has 3 rings (SSSR count). The molecule has 0 fully saturated rings. The number of amides is 1. The Morgan fingerprint density at radius 1 is 1.30 bits per heavy atom. The highest BCUT2D eigenvalue weighted by atomic mass is 32.1. The summed E-state index contributed by atoms with van der Waals surface area (Å²) in [6.07, 6.45) is 0.301. The molecule has 0 bridgehead atoms. The van der Waals surface area contributed by atoms with Gasteiger partial charge in [0, 0.05) is 17.8 Å². The van der Waals surface area contributed by atoms with Crippen molar-refractivity contribution in [1.29, 1.82) is 0 Å². The van der Waals surface area contributed by atoms with Crippen molar-refractivity contribution < 1.29 is 13.9 Å². The van der Waals surface area contributed by atoms with Gasteiger partial charge in [-0.15, -0.1) is 11.3 Å². The lowest BCUT2D eigenvalue weighted by molar-refractivity contribution is 0.0179. The summed E-state index contributed by atoms with van der Waals surface area (Å²) < 4.78 is 19.3. The molecule has 1 aromatic heterocycles. The molecule has 0 radical (unpaired) electrons. The van der Waals surface area contributed by atoms with Gasteiger partial charge in [0.15, 0.2) is 5.13 Å². The largest absolute Gasteiger partial charge is 0.444 e. The molecule has 122 valence electrons. The van der Waals surface area contributed by atoms with Gasteiger partial charge in [0.25, 0.3) is 0 Å². The number of ether oxygens (including phenoxy) is 1. The predicted molar refractivity (Wildman–Crippen MR) is 89.2 cm³/mol. The third kappa shape index (κ3) is 3.39. The first kappa shape index (κ1) is 16.0. The molecule has 2 heterocycles. The van der Waals surface area contributed by atoms with Gasteiger partial charge in [0.1, 0.15) is 5.60 Å². The second kappa shape index (κ2) is 5.96. The van der Waals surface area contributed by atoms with Gasteiger partial charge in [-0.2, -0.15) is 4.39 Å². The van der Waals surface area contributed by atoms with E-state index in [1.165, 1.54) is 11.3 Å². The maximum atomic E-state index is 13.8. The van der Waals surface area contributed by atoms with E-state index in [1.807, 2.05) is 51.1 Å². The van der Waals surface area contributed by atoms with Crippen LogP contribution in [0.25, 0.3) is 0 Å². The van der Waals surface area contributed by atoms with Gasteiger partial charge in [0.2, 0.25) is 0 Å². The van der Waals surface area contributed by atoms with Crippen molar-refractivity contribution in [1.82, 2.24) is 4.90 Å². The average molecular weight is 333 g/mol. The quantitative estimate of drug-likeness (QED) is 0.752. The third-order valence-electron chi connectivity index (χ3n) is 3.74. The van der Waals surface area contributed by atoms with E-state index < -0.39 is 5.60 Å². The Bertz CT molecular complexity index is 706. The molecular weight excluding hydrogens is 313 g/mol. The highest BCUT2D eigenvalue weighted by molar-refractivity contribution is 7.10. The highest BCUT2D eigenvalue weighted by Gasteiger charge is 2.36. The molecule has 0 N–H and O–H groups in total. The number of hydrogen-bond donors (Lipinski definition) is 0. The molecule has 0 saturated heterocycles. The van der Waals surface area contributed by atoms with Crippen LogP contribution < -0.4 is 0 Å². The average Bonchev–Trinajstić information content (AvgIpc) is 2.85. The van der Waals surface area contributed by atoms with E-state index >= 15 is 0 Å². The Balaban J connectivity index is 2.01. The molecule has 5 heteroatoms. The molecule has 3 nitrogen and oxygen atoms in total.